The molecule has 0 aromatic heterocycles. The van der Waals surface area contributed by atoms with Crippen LogP contribution in [0.5, 0.6) is 5.75 Å². The predicted molar refractivity (Wildman–Crippen MR) is 75.0 cm³/mol. The molecule has 0 aliphatic heterocycles. The Morgan fingerprint density at radius 2 is 1.71 bits per heavy atom. The Labute approximate surface area is 123 Å². The molecule has 0 saturated heterocycles. The molecule has 0 bridgehead atoms. The van der Waals surface area contributed by atoms with E-state index in [1.54, 1.807) is 0 Å². The molecule has 0 fully saturated rings. The fourth-order valence-electron chi connectivity index (χ4n) is 1.76. The van der Waals surface area contributed by atoms with Gasteiger partial charge in [0.2, 0.25) is 0 Å². The molecule has 0 aliphatic rings. The first-order chi connectivity index (χ1) is 10.0. The largest absolute Gasteiger partial charge is 0.496 e. The minimum absolute atomic E-state index is 0.0351. The van der Waals surface area contributed by atoms with Crippen molar-refractivity contribution in [2.45, 2.75) is 4.90 Å². The third-order valence-electron chi connectivity index (χ3n) is 2.80. The van der Waals surface area contributed by atoms with Crippen LogP contribution in [-0.2, 0) is 10.8 Å². The second-order valence-electron chi connectivity index (χ2n) is 4.21. The Morgan fingerprint density at radius 3 is 2.33 bits per heavy atom. The molecular weight excluding hydrogens is 298 g/mol. The van der Waals surface area contributed by atoms with Gasteiger partial charge in [-0.3, -0.25) is 9.00 Å². The smallest absolute Gasteiger partial charge is 0.179 e. The van der Waals surface area contributed by atoms with Gasteiger partial charge in [-0.15, -0.1) is 0 Å². The summed E-state index contributed by atoms with van der Waals surface area (Å²) in [5.74, 6) is -1.64. The van der Waals surface area contributed by atoms with Gasteiger partial charge >= 0.3 is 0 Å². The quantitative estimate of drug-likeness (QED) is 0.798. The number of hydrogen-bond donors (Lipinski definition) is 0. The summed E-state index contributed by atoms with van der Waals surface area (Å²) >= 11 is 0. The van der Waals surface area contributed by atoms with Gasteiger partial charge in [-0.05, 0) is 42.5 Å². The van der Waals surface area contributed by atoms with Gasteiger partial charge in [0, 0.05) is 4.90 Å². The summed E-state index contributed by atoms with van der Waals surface area (Å²) in [5, 5.41) is 0. The van der Waals surface area contributed by atoms with Crippen LogP contribution in [0.25, 0.3) is 0 Å². The molecule has 21 heavy (non-hydrogen) atoms. The lowest BCUT2D eigenvalue weighted by molar-refractivity contribution is 0.101. The highest BCUT2D eigenvalue weighted by molar-refractivity contribution is 7.85. The lowest BCUT2D eigenvalue weighted by Gasteiger charge is -2.07. The Kier molecular flexibility index (Phi) is 4.80. The standard InChI is InChI=1S/C15H12F2O3S/c1-20-15-7-4-11(17)8-13(15)14(18)9-21(19)12-5-2-10(16)3-6-12/h2-8H,9H2,1H3. The second-order valence-corrected chi connectivity index (χ2v) is 5.66. The molecule has 0 spiro atoms. The lowest BCUT2D eigenvalue weighted by Crippen LogP contribution is -2.12. The lowest BCUT2D eigenvalue weighted by atomic mass is 10.1. The summed E-state index contributed by atoms with van der Waals surface area (Å²) in [6, 6.07) is 8.59. The van der Waals surface area contributed by atoms with Crippen molar-refractivity contribution in [2.75, 3.05) is 12.9 Å². The van der Waals surface area contributed by atoms with Crippen molar-refractivity contribution in [3.8, 4) is 5.75 Å². The normalized spacial score (nSPS) is 12.0. The Balaban J connectivity index is 2.20. The molecule has 2 rings (SSSR count). The Morgan fingerprint density at radius 1 is 1.10 bits per heavy atom. The number of ether oxygens (including phenoxy) is 1. The van der Waals surface area contributed by atoms with Crippen LogP contribution in [0, 0.1) is 11.6 Å². The second kappa shape index (κ2) is 6.58. The van der Waals surface area contributed by atoms with Gasteiger partial charge in [-0.2, -0.15) is 0 Å². The average Bonchev–Trinajstić information content (AvgIpc) is 2.47. The van der Waals surface area contributed by atoms with Gasteiger partial charge in [0.1, 0.15) is 17.4 Å². The van der Waals surface area contributed by atoms with Gasteiger partial charge in [-0.25, -0.2) is 8.78 Å². The molecule has 1 atom stereocenters. The molecular formula is C15H12F2O3S. The number of ketones is 1. The highest BCUT2D eigenvalue weighted by Crippen LogP contribution is 2.21. The summed E-state index contributed by atoms with van der Waals surface area (Å²) < 4.78 is 43.1. The third-order valence-corrected chi connectivity index (χ3v) is 4.12. The summed E-state index contributed by atoms with van der Waals surface area (Å²) in [6.45, 7) is 0. The molecule has 0 radical (unpaired) electrons. The Hall–Kier alpha value is -2.08. The zero-order valence-electron chi connectivity index (χ0n) is 11.1. The molecule has 2 aromatic carbocycles. The third kappa shape index (κ3) is 3.72. The number of benzene rings is 2. The van der Waals surface area contributed by atoms with E-state index in [9.17, 15) is 17.8 Å². The SMILES string of the molecule is COc1ccc(F)cc1C(=O)CS(=O)c1ccc(F)cc1. The summed E-state index contributed by atoms with van der Waals surface area (Å²) in [6.07, 6.45) is 0. The highest BCUT2D eigenvalue weighted by atomic mass is 32.2. The maximum absolute atomic E-state index is 13.2. The van der Waals surface area contributed by atoms with Crippen molar-refractivity contribution in [1.82, 2.24) is 0 Å². The summed E-state index contributed by atoms with van der Waals surface area (Å²) in [4.78, 5) is 12.4. The molecule has 0 amide bonds. The first-order valence-electron chi connectivity index (χ1n) is 6.02. The number of carbonyl (C=O) groups excluding carboxylic acids is 1. The van der Waals surface area contributed by atoms with Crippen molar-refractivity contribution in [3.63, 3.8) is 0 Å². The van der Waals surface area contributed by atoms with Crippen molar-refractivity contribution >= 4 is 16.6 Å². The maximum atomic E-state index is 13.2. The van der Waals surface area contributed by atoms with Crippen LogP contribution in [0.3, 0.4) is 0 Å². The number of Topliss-reactive ketones (excluding diaryl/α,β-unsaturated/α-hetero) is 1. The highest BCUT2D eigenvalue weighted by Gasteiger charge is 2.17. The van der Waals surface area contributed by atoms with E-state index in [0.29, 0.717) is 4.90 Å². The molecule has 3 nitrogen and oxygen atoms in total. The topological polar surface area (TPSA) is 43.4 Å². The maximum Gasteiger partial charge on any atom is 0.179 e. The average molecular weight is 310 g/mol. The minimum Gasteiger partial charge on any atom is -0.496 e. The number of halogens is 2. The van der Waals surface area contributed by atoms with E-state index >= 15 is 0 Å². The molecule has 110 valence electrons. The molecule has 0 N–H and O–H groups in total. The van der Waals surface area contributed by atoms with Crippen LogP contribution in [-0.4, -0.2) is 22.9 Å². The van der Waals surface area contributed by atoms with Gasteiger partial charge in [0.25, 0.3) is 0 Å². The van der Waals surface area contributed by atoms with E-state index in [1.807, 2.05) is 0 Å². The fourth-order valence-corrected chi connectivity index (χ4v) is 2.76. The molecule has 1 unspecified atom stereocenters. The van der Waals surface area contributed by atoms with Crippen LogP contribution >= 0.6 is 0 Å². The van der Waals surface area contributed by atoms with Gasteiger partial charge in [0.05, 0.1) is 29.2 Å². The van der Waals surface area contributed by atoms with Crippen LogP contribution in [0.15, 0.2) is 47.4 Å². The summed E-state index contributed by atoms with van der Waals surface area (Å²) in [5.41, 5.74) is 0.0351. The van der Waals surface area contributed by atoms with E-state index in [-0.39, 0.29) is 17.1 Å². The van der Waals surface area contributed by atoms with Crippen molar-refractivity contribution in [3.05, 3.63) is 59.7 Å². The van der Waals surface area contributed by atoms with Crippen LogP contribution in [0.4, 0.5) is 8.78 Å². The van der Waals surface area contributed by atoms with E-state index in [4.69, 9.17) is 4.74 Å². The molecule has 0 saturated carbocycles. The van der Waals surface area contributed by atoms with Crippen LogP contribution < -0.4 is 4.74 Å². The van der Waals surface area contributed by atoms with Gasteiger partial charge in [-0.1, -0.05) is 0 Å². The van der Waals surface area contributed by atoms with E-state index in [0.717, 1.165) is 6.07 Å². The zero-order valence-corrected chi connectivity index (χ0v) is 12.0. The molecule has 0 heterocycles. The first kappa shape index (κ1) is 15.3. The number of methoxy groups -OCH3 is 1. The van der Waals surface area contributed by atoms with Crippen LogP contribution in [0.1, 0.15) is 10.4 Å². The van der Waals surface area contributed by atoms with Crippen LogP contribution in [0.2, 0.25) is 0 Å². The van der Waals surface area contributed by atoms with Crippen molar-refractivity contribution in [2.24, 2.45) is 0 Å². The Bertz CT molecular complexity index is 684. The van der Waals surface area contributed by atoms with E-state index in [2.05, 4.69) is 0 Å². The zero-order chi connectivity index (χ0) is 15.4. The predicted octanol–water partition coefficient (Wildman–Crippen LogP) is 2.96. The van der Waals surface area contributed by atoms with Crippen molar-refractivity contribution in [1.29, 1.82) is 0 Å². The fraction of sp³-hybridized carbons (Fsp3) is 0.133. The summed E-state index contributed by atoms with van der Waals surface area (Å²) in [7, 11) is -0.271. The van der Waals surface area contributed by atoms with E-state index in [1.165, 1.54) is 43.5 Å². The number of rotatable bonds is 5. The molecule has 0 aliphatic carbocycles. The van der Waals surface area contributed by atoms with E-state index < -0.39 is 28.2 Å². The number of hydrogen-bond acceptors (Lipinski definition) is 3. The van der Waals surface area contributed by atoms with Gasteiger partial charge in [0.15, 0.2) is 5.78 Å². The first-order valence-corrected chi connectivity index (χ1v) is 7.34. The monoisotopic (exact) mass is 310 g/mol. The minimum atomic E-state index is -1.63. The number of carbonyl (C=O) groups is 1. The van der Waals surface area contributed by atoms with Gasteiger partial charge < -0.3 is 4.74 Å². The van der Waals surface area contributed by atoms with Crippen molar-refractivity contribution < 1.29 is 22.5 Å². The molecule has 2 aromatic rings. The molecule has 6 heteroatoms.